The summed E-state index contributed by atoms with van der Waals surface area (Å²) in [5.74, 6) is -1.90. The molecule has 0 aromatic heterocycles. The van der Waals surface area contributed by atoms with E-state index in [0.29, 0.717) is 62.5 Å². The zero-order valence-corrected chi connectivity index (χ0v) is 21.0. The van der Waals surface area contributed by atoms with Gasteiger partial charge in [0.2, 0.25) is 0 Å². The second kappa shape index (κ2) is 14.3. The molecule has 35 heavy (non-hydrogen) atoms. The van der Waals surface area contributed by atoms with Crippen molar-refractivity contribution in [3.8, 4) is 0 Å². The zero-order valence-electron chi connectivity index (χ0n) is 21.0. The monoisotopic (exact) mass is 492 g/mol. The number of aliphatic hydroxyl groups excluding tert-OH is 1. The number of aliphatic hydroxyl groups is 1. The highest BCUT2D eigenvalue weighted by Gasteiger charge is 2.29. The fourth-order valence-corrected chi connectivity index (χ4v) is 4.73. The summed E-state index contributed by atoms with van der Waals surface area (Å²) in [4.78, 5) is 0. The molecule has 0 saturated heterocycles. The Bertz CT molecular complexity index is 893. The van der Waals surface area contributed by atoms with Crippen LogP contribution < -0.4 is 0 Å². The standard InChI is InChI=1S/C26H33F3O3.C3H6/c1-16(24(27)14-17(2)31-3)15-32-21-10-6-19(7-11-21)23-13-12-22(25(28)26(23)29)18-4-8-20(30)9-5-18;1-3-2/h12-14,18-21,30H,1-2,4-11,15H2,3H3;3H,1H2,2H3/b24-14+;. The molecule has 0 radical (unpaired) electrons. The number of ether oxygens (including phenoxy) is 2. The average Bonchev–Trinajstić information content (AvgIpc) is 2.85. The smallest absolute Gasteiger partial charge is 0.162 e. The van der Waals surface area contributed by atoms with Gasteiger partial charge in [0.25, 0.3) is 0 Å². The van der Waals surface area contributed by atoms with Crippen molar-refractivity contribution in [1.82, 2.24) is 0 Å². The van der Waals surface area contributed by atoms with E-state index < -0.39 is 17.5 Å². The molecule has 1 aromatic carbocycles. The van der Waals surface area contributed by atoms with Gasteiger partial charge in [-0.05, 0) is 81.3 Å². The zero-order chi connectivity index (χ0) is 26.0. The molecular weight excluding hydrogens is 453 g/mol. The molecule has 0 bridgehead atoms. The van der Waals surface area contributed by atoms with Crippen LogP contribution in [0.3, 0.4) is 0 Å². The number of rotatable bonds is 8. The van der Waals surface area contributed by atoms with E-state index in [1.54, 1.807) is 18.2 Å². The molecule has 2 fully saturated rings. The van der Waals surface area contributed by atoms with E-state index in [9.17, 15) is 18.3 Å². The Morgan fingerprint density at radius 3 is 1.89 bits per heavy atom. The predicted molar refractivity (Wildman–Crippen MR) is 135 cm³/mol. The molecule has 0 unspecified atom stereocenters. The molecule has 0 amide bonds. The van der Waals surface area contributed by atoms with Crippen LogP contribution in [0.15, 0.2) is 61.2 Å². The van der Waals surface area contributed by atoms with Crippen LogP contribution in [0.4, 0.5) is 13.2 Å². The van der Waals surface area contributed by atoms with Gasteiger partial charge in [0, 0.05) is 11.6 Å². The predicted octanol–water partition coefficient (Wildman–Crippen LogP) is 7.79. The lowest BCUT2D eigenvalue weighted by molar-refractivity contribution is 0.0382. The van der Waals surface area contributed by atoms with Crippen molar-refractivity contribution in [2.45, 2.75) is 82.3 Å². The molecule has 3 rings (SSSR count). The van der Waals surface area contributed by atoms with Crippen molar-refractivity contribution in [3.63, 3.8) is 0 Å². The molecule has 2 saturated carbocycles. The highest BCUT2D eigenvalue weighted by atomic mass is 19.2. The van der Waals surface area contributed by atoms with Crippen LogP contribution in [0.1, 0.15) is 81.3 Å². The number of halogens is 3. The topological polar surface area (TPSA) is 38.7 Å². The van der Waals surface area contributed by atoms with Crippen molar-refractivity contribution in [2.75, 3.05) is 13.7 Å². The molecule has 2 aliphatic rings. The van der Waals surface area contributed by atoms with Gasteiger partial charge in [-0.15, -0.1) is 6.58 Å². The Morgan fingerprint density at radius 1 is 0.971 bits per heavy atom. The summed E-state index contributed by atoms with van der Waals surface area (Å²) in [6.45, 7) is 12.5. The lowest BCUT2D eigenvalue weighted by Gasteiger charge is -2.30. The van der Waals surface area contributed by atoms with Gasteiger partial charge in [-0.2, -0.15) is 0 Å². The summed E-state index contributed by atoms with van der Waals surface area (Å²) in [6.07, 6.45) is 7.89. The van der Waals surface area contributed by atoms with E-state index in [4.69, 9.17) is 9.47 Å². The van der Waals surface area contributed by atoms with Crippen LogP contribution in [-0.4, -0.2) is 31.0 Å². The van der Waals surface area contributed by atoms with Crippen molar-refractivity contribution in [3.05, 3.63) is 83.9 Å². The van der Waals surface area contributed by atoms with Crippen molar-refractivity contribution in [2.24, 2.45) is 0 Å². The lowest BCUT2D eigenvalue weighted by Crippen LogP contribution is -2.23. The van der Waals surface area contributed by atoms with E-state index in [0.717, 1.165) is 0 Å². The minimum absolute atomic E-state index is 0.0327. The molecule has 6 heteroatoms. The minimum Gasteiger partial charge on any atom is -0.497 e. The van der Waals surface area contributed by atoms with E-state index >= 15 is 0 Å². The second-order valence-electron chi connectivity index (χ2n) is 9.34. The Labute approximate surface area is 208 Å². The van der Waals surface area contributed by atoms with Crippen molar-refractivity contribution >= 4 is 0 Å². The van der Waals surface area contributed by atoms with Gasteiger partial charge in [-0.25, -0.2) is 13.2 Å². The van der Waals surface area contributed by atoms with Gasteiger partial charge in [0.1, 0.15) is 11.6 Å². The van der Waals surface area contributed by atoms with Gasteiger partial charge in [-0.1, -0.05) is 31.4 Å². The first-order valence-electron chi connectivity index (χ1n) is 12.3. The first kappa shape index (κ1) is 28.9. The quantitative estimate of drug-likeness (QED) is 0.229. The normalized spacial score (nSPS) is 24.7. The third-order valence-electron chi connectivity index (χ3n) is 6.77. The second-order valence-corrected chi connectivity index (χ2v) is 9.34. The summed E-state index contributed by atoms with van der Waals surface area (Å²) in [5.41, 5.74) is 1.07. The Morgan fingerprint density at radius 2 is 1.43 bits per heavy atom. The van der Waals surface area contributed by atoms with Crippen LogP contribution >= 0.6 is 0 Å². The Hall–Kier alpha value is -2.31. The number of hydrogen-bond acceptors (Lipinski definition) is 3. The van der Waals surface area contributed by atoms with Gasteiger partial charge in [-0.3, -0.25) is 0 Å². The van der Waals surface area contributed by atoms with Crippen molar-refractivity contribution in [1.29, 1.82) is 0 Å². The summed E-state index contributed by atoms with van der Waals surface area (Å²) >= 11 is 0. The lowest BCUT2D eigenvalue weighted by atomic mass is 9.79. The molecular formula is C29H39F3O3. The molecule has 0 aliphatic heterocycles. The van der Waals surface area contributed by atoms with Crippen LogP contribution in [0.5, 0.6) is 0 Å². The summed E-state index contributed by atoms with van der Waals surface area (Å²) < 4.78 is 54.4. The molecule has 194 valence electrons. The average molecular weight is 493 g/mol. The molecule has 0 atom stereocenters. The van der Waals surface area contributed by atoms with Gasteiger partial charge in [0.15, 0.2) is 11.6 Å². The van der Waals surface area contributed by atoms with Crippen LogP contribution in [0.2, 0.25) is 0 Å². The number of methoxy groups -OCH3 is 1. The maximum absolute atomic E-state index is 14.9. The molecule has 3 nitrogen and oxygen atoms in total. The third kappa shape index (κ3) is 8.39. The molecule has 0 spiro atoms. The first-order valence-corrected chi connectivity index (χ1v) is 12.3. The largest absolute Gasteiger partial charge is 0.497 e. The summed E-state index contributed by atoms with van der Waals surface area (Å²) in [6, 6.07) is 3.46. The maximum atomic E-state index is 14.9. The van der Waals surface area contributed by atoms with E-state index in [1.807, 2.05) is 6.92 Å². The number of allylic oxidation sites excluding steroid dienone is 2. The van der Waals surface area contributed by atoms with E-state index in [1.165, 1.54) is 13.2 Å². The van der Waals surface area contributed by atoms with E-state index in [-0.39, 0.29) is 42.0 Å². The minimum atomic E-state index is -0.739. The maximum Gasteiger partial charge on any atom is 0.162 e. The van der Waals surface area contributed by atoms with Crippen LogP contribution in [0.25, 0.3) is 0 Å². The first-order chi connectivity index (χ1) is 16.7. The van der Waals surface area contributed by atoms with Crippen LogP contribution in [0, 0.1) is 11.6 Å². The SMILES string of the molecule is C=C(/C=C(/F)C(=C)COC1CCC(c2ccc(C3CCC(O)CC3)c(F)c2F)CC1)OC.C=CC. The number of benzene rings is 1. The van der Waals surface area contributed by atoms with Gasteiger partial charge >= 0.3 is 0 Å². The molecule has 1 N–H and O–H groups in total. The summed E-state index contributed by atoms with van der Waals surface area (Å²) in [7, 11) is 1.41. The molecule has 0 heterocycles. The fraction of sp³-hybridized carbons (Fsp3) is 0.517. The third-order valence-corrected chi connectivity index (χ3v) is 6.77. The Balaban J connectivity index is 0.00000137. The van der Waals surface area contributed by atoms with Crippen molar-refractivity contribution < 1.29 is 27.8 Å². The number of hydrogen-bond donors (Lipinski definition) is 1. The molecule has 2 aliphatic carbocycles. The van der Waals surface area contributed by atoms with Gasteiger partial charge < -0.3 is 14.6 Å². The Kier molecular flexibility index (Phi) is 11.8. The van der Waals surface area contributed by atoms with Crippen LogP contribution in [-0.2, 0) is 9.47 Å². The highest BCUT2D eigenvalue weighted by Crippen LogP contribution is 2.40. The summed E-state index contributed by atoms with van der Waals surface area (Å²) in [5, 5.41) is 9.66. The highest BCUT2D eigenvalue weighted by molar-refractivity contribution is 5.32. The van der Waals surface area contributed by atoms with E-state index in [2.05, 4.69) is 19.7 Å². The molecule has 1 aromatic rings. The van der Waals surface area contributed by atoms with Gasteiger partial charge in [0.05, 0.1) is 25.9 Å². The fourth-order valence-electron chi connectivity index (χ4n) is 4.73.